The van der Waals surface area contributed by atoms with Gasteiger partial charge in [-0.25, -0.2) is 21.2 Å². The number of piperazine rings is 1. The third kappa shape index (κ3) is 4.80. The highest BCUT2D eigenvalue weighted by Crippen LogP contribution is 2.22. The van der Waals surface area contributed by atoms with Crippen LogP contribution in [0.3, 0.4) is 0 Å². The standard InChI is InChI=1S/C21H24FN3O6S2/c22-19-6-1-2-7-20(19)33(29,30)24-10-8-23(9-11-24)21(26)17-4-3-5-18(16-17)32(27,28)25-12-14-31-15-13-25/h1-7,16H,8-15H2. The largest absolute Gasteiger partial charge is 0.379 e. The Morgan fingerprint density at radius 2 is 1.42 bits per heavy atom. The molecule has 2 aromatic rings. The summed E-state index contributed by atoms with van der Waals surface area (Å²) in [5.74, 6) is -1.22. The van der Waals surface area contributed by atoms with E-state index in [1.807, 2.05) is 0 Å². The number of nitrogens with zero attached hydrogens (tertiary/aromatic N) is 3. The van der Waals surface area contributed by atoms with Crippen LogP contribution in [-0.2, 0) is 24.8 Å². The van der Waals surface area contributed by atoms with E-state index in [0.29, 0.717) is 13.2 Å². The molecule has 0 N–H and O–H groups in total. The SMILES string of the molecule is O=C(c1cccc(S(=O)(=O)N2CCOCC2)c1)N1CCN(S(=O)(=O)c2ccccc2F)CC1. The number of sulfonamides is 2. The third-order valence-corrected chi connectivity index (χ3v) is 9.50. The van der Waals surface area contributed by atoms with E-state index in [-0.39, 0.29) is 49.7 Å². The smallest absolute Gasteiger partial charge is 0.253 e. The summed E-state index contributed by atoms with van der Waals surface area (Å²) in [6, 6.07) is 11.0. The predicted molar refractivity (Wildman–Crippen MR) is 117 cm³/mol. The van der Waals surface area contributed by atoms with Crippen molar-refractivity contribution in [2.24, 2.45) is 0 Å². The van der Waals surface area contributed by atoms with E-state index in [0.717, 1.165) is 10.4 Å². The van der Waals surface area contributed by atoms with Gasteiger partial charge in [-0.2, -0.15) is 8.61 Å². The fourth-order valence-electron chi connectivity index (χ4n) is 3.83. The van der Waals surface area contributed by atoms with Gasteiger partial charge in [0.25, 0.3) is 5.91 Å². The first-order valence-electron chi connectivity index (χ1n) is 10.4. The van der Waals surface area contributed by atoms with Crippen LogP contribution < -0.4 is 0 Å². The van der Waals surface area contributed by atoms with Gasteiger partial charge in [-0.15, -0.1) is 0 Å². The van der Waals surface area contributed by atoms with Gasteiger partial charge in [-0.1, -0.05) is 18.2 Å². The minimum atomic E-state index is -4.02. The van der Waals surface area contributed by atoms with Crippen LogP contribution >= 0.6 is 0 Å². The normalized spacial score (nSPS) is 18.9. The van der Waals surface area contributed by atoms with Gasteiger partial charge in [0, 0.05) is 44.8 Å². The molecule has 0 aliphatic carbocycles. The molecular weight excluding hydrogens is 473 g/mol. The Bertz CT molecular complexity index is 1240. The van der Waals surface area contributed by atoms with Crippen LogP contribution in [0.25, 0.3) is 0 Å². The lowest BCUT2D eigenvalue weighted by Gasteiger charge is -2.34. The number of morpholine rings is 1. The lowest BCUT2D eigenvalue weighted by atomic mass is 10.2. The third-order valence-electron chi connectivity index (χ3n) is 5.67. The summed E-state index contributed by atoms with van der Waals surface area (Å²) in [4.78, 5) is 14.1. The number of amides is 1. The Kier molecular flexibility index (Phi) is 6.82. The van der Waals surface area contributed by atoms with Crippen LogP contribution in [0.15, 0.2) is 58.3 Å². The molecule has 0 radical (unpaired) electrons. The summed E-state index contributed by atoms with van der Waals surface area (Å²) in [5, 5.41) is 0. The number of hydrogen-bond acceptors (Lipinski definition) is 6. The highest BCUT2D eigenvalue weighted by molar-refractivity contribution is 7.89. The molecule has 178 valence electrons. The van der Waals surface area contributed by atoms with Crippen LogP contribution in [0.5, 0.6) is 0 Å². The predicted octanol–water partition coefficient (Wildman–Crippen LogP) is 0.993. The molecule has 0 spiro atoms. The van der Waals surface area contributed by atoms with Crippen molar-refractivity contribution >= 4 is 26.0 Å². The van der Waals surface area contributed by atoms with Gasteiger partial charge >= 0.3 is 0 Å². The number of rotatable bonds is 5. The molecule has 33 heavy (non-hydrogen) atoms. The van der Waals surface area contributed by atoms with Crippen molar-refractivity contribution in [1.82, 2.24) is 13.5 Å². The number of halogens is 1. The maximum Gasteiger partial charge on any atom is 0.253 e. The van der Waals surface area contributed by atoms with Gasteiger partial charge < -0.3 is 9.64 Å². The second kappa shape index (κ2) is 9.47. The number of benzene rings is 2. The van der Waals surface area contributed by atoms with Gasteiger partial charge in [0.1, 0.15) is 10.7 Å². The Hall–Kier alpha value is -2.38. The van der Waals surface area contributed by atoms with Crippen molar-refractivity contribution < 1.29 is 30.8 Å². The molecule has 0 bridgehead atoms. The first-order chi connectivity index (χ1) is 15.7. The van der Waals surface area contributed by atoms with E-state index in [2.05, 4.69) is 0 Å². The van der Waals surface area contributed by atoms with Crippen LogP contribution in [0.1, 0.15) is 10.4 Å². The highest BCUT2D eigenvalue weighted by atomic mass is 32.2. The van der Waals surface area contributed by atoms with E-state index in [4.69, 9.17) is 4.74 Å². The molecule has 0 atom stereocenters. The van der Waals surface area contributed by atoms with Crippen molar-refractivity contribution in [1.29, 1.82) is 0 Å². The first kappa shape index (κ1) is 23.8. The summed E-state index contributed by atoms with van der Waals surface area (Å²) in [6.07, 6.45) is 0. The lowest BCUT2D eigenvalue weighted by molar-refractivity contribution is 0.0697. The number of carbonyl (C=O) groups is 1. The fourth-order valence-corrected chi connectivity index (χ4v) is 6.77. The van der Waals surface area contributed by atoms with Gasteiger partial charge in [0.15, 0.2) is 0 Å². The van der Waals surface area contributed by atoms with E-state index in [1.54, 1.807) is 0 Å². The van der Waals surface area contributed by atoms with Gasteiger partial charge in [0.05, 0.1) is 18.1 Å². The lowest BCUT2D eigenvalue weighted by Crippen LogP contribution is -2.50. The molecule has 0 aromatic heterocycles. The van der Waals surface area contributed by atoms with E-state index in [9.17, 15) is 26.0 Å². The molecule has 2 heterocycles. The van der Waals surface area contributed by atoms with Gasteiger partial charge in [-0.3, -0.25) is 4.79 Å². The average molecular weight is 498 g/mol. The van der Waals surface area contributed by atoms with E-state index < -0.39 is 36.7 Å². The Labute approximate surface area is 192 Å². The zero-order valence-corrected chi connectivity index (χ0v) is 19.4. The minimum Gasteiger partial charge on any atom is -0.379 e. The maximum atomic E-state index is 14.0. The summed E-state index contributed by atoms with van der Waals surface area (Å²) in [5.41, 5.74) is 0.203. The molecule has 0 saturated carbocycles. The van der Waals surface area contributed by atoms with Crippen LogP contribution in [0.4, 0.5) is 4.39 Å². The quantitative estimate of drug-likeness (QED) is 0.610. The number of carbonyl (C=O) groups excluding carboxylic acids is 1. The van der Waals surface area contributed by atoms with Crippen molar-refractivity contribution in [3.05, 3.63) is 59.9 Å². The minimum absolute atomic E-state index is 0.00811. The van der Waals surface area contributed by atoms with Crippen LogP contribution in [0, 0.1) is 5.82 Å². The molecular formula is C21H24FN3O6S2. The summed E-state index contributed by atoms with van der Waals surface area (Å²) in [6.45, 7) is 1.36. The van der Waals surface area contributed by atoms with Crippen LogP contribution in [0.2, 0.25) is 0 Å². The first-order valence-corrected chi connectivity index (χ1v) is 13.3. The molecule has 2 aromatic carbocycles. The zero-order chi connectivity index (χ0) is 23.6. The number of hydrogen-bond donors (Lipinski definition) is 0. The van der Waals surface area contributed by atoms with Gasteiger partial charge in [-0.05, 0) is 30.3 Å². The van der Waals surface area contributed by atoms with E-state index in [1.165, 1.54) is 51.7 Å². The van der Waals surface area contributed by atoms with Crippen molar-refractivity contribution in [2.45, 2.75) is 9.79 Å². The highest BCUT2D eigenvalue weighted by Gasteiger charge is 2.33. The average Bonchev–Trinajstić information content (AvgIpc) is 2.84. The van der Waals surface area contributed by atoms with Crippen LogP contribution in [-0.4, -0.2) is 88.7 Å². The molecule has 2 fully saturated rings. The molecule has 2 saturated heterocycles. The molecule has 0 unspecified atom stereocenters. The molecule has 4 rings (SSSR count). The second-order valence-electron chi connectivity index (χ2n) is 7.67. The molecule has 1 amide bonds. The Morgan fingerprint density at radius 3 is 2.09 bits per heavy atom. The zero-order valence-electron chi connectivity index (χ0n) is 17.8. The summed E-state index contributed by atoms with van der Waals surface area (Å²) in [7, 11) is -7.77. The number of ether oxygens (including phenoxy) is 1. The summed E-state index contributed by atoms with van der Waals surface area (Å²) < 4.78 is 73.0. The molecule has 2 aliphatic heterocycles. The molecule has 12 heteroatoms. The Morgan fingerprint density at radius 1 is 0.788 bits per heavy atom. The van der Waals surface area contributed by atoms with Crippen molar-refractivity contribution in [3.8, 4) is 0 Å². The van der Waals surface area contributed by atoms with E-state index >= 15 is 0 Å². The van der Waals surface area contributed by atoms with Crippen molar-refractivity contribution in [2.75, 3.05) is 52.5 Å². The maximum absolute atomic E-state index is 14.0. The van der Waals surface area contributed by atoms with Crippen molar-refractivity contribution in [3.63, 3.8) is 0 Å². The molecule has 2 aliphatic rings. The van der Waals surface area contributed by atoms with Gasteiger partial charge in [0.2, 0.25) is 20.0 Å². The fraction of sp³-hybridized carbons (Fsp3) is 0.381. The Balaban J connectivity index is 1.46. The monoisotopic (exact) mass is 497 g/mol. The molecule has 9 nitrogen and oxygen atoms in total. The topological polar surface area (TPSA) is 104 Å². The summed E-state index contributed by atoms with van der Waals surface area (Å²) >= 11 is 0. The second-order valence-corrected chi connectivity index (χ2v) is 11.5.